The molecule has 0 saturated heterocycles. The van der Waals surface area contributed by atoms with Crippen molar-refractivity contribution in [3.8, 4) is 0 Å². The average molecular weight is 282 g/mol. The van der Waals surface area contributed by atoms with Crippen molar-refractivity contribution in [1.29, 1.82) is 0 Å². The standard InChI is InChI=1S/C18H22N2O/c1-4-8-20(17-7-5-6-16(19)12-17)18(21)15-10-13(2)9-14(3)11-15/h5-7,9-12H,4,8,19H2,1-3H3. The molecule has 2 N–H and O–H groups in total. The molecule has 0 heterocycles. The van der Waals surface area contributed by atoms with Crippen LogP contribution in [-0.4, -0.2) is 12.5 Å². The number of anilines is 2. The first-order valence-electron chi connectivity index (χ1n) is 7.27. The highest BCUT2D eigenvalue weighted by Gasteiger charge is 2.17. The van der Waals surface area contributed by atoms with Crippen molar-refractivity contribution in [3.05, 3.63) is 59.2 Å². The van der Waals surface area contributed by atoms with Gasteiger partial charge in [-0.15, -0.1) is 0 Å². The summed E-state index contributed by atoms with van der Waals surface area (Å²) in [4.78, 5) is 14.6. The number of benzene rings is 2. The number of nitrogens with two attached hydrogens (primary N) is 1. The molecule has 1 amide bonds. The zero-order valence-corrected chi connectivity index (χ0v) is 12.9. The van der Waals surface area contributed by atoms with Crippen LogP contribution < -0.4 is 10.6 Å². The molecule has 0 radical (unpaired) electrons. The van der Waals surface area contributed by atoms with Gasteiger partial charge < -0.3 is 10.6 Å². The van der Waals surface area contributed by atoms with Crippen molar-refractivity contribution in [2.24, 2.45) is 0 Å². The number of amides is 1. The molecule has 0 aliphatic heterocycles. The summed E-state index contributed by atoms with van der Waals surface area (Å²) in [5.41, 5.74) is 10.3. The van der Waals surface area contributed by atoms with Crippen molar-refractivity contribution in [2.45, 2.75) is 27.2 Å². The second-order valence-corrected chi connectivity index (χ2v) is 5.43. The smallest absolute Gasteiger partial charge is 0.258 e. The van der Waals surface area contributed by atoms with E-state index in [9.17, 15) is 4.79 Å². The number of carbonyl (C=O) groups is 1. The Balaban J connectivity index is 2.39. The lowest BCUT2D eigenvalue weighted by Crippen LogP contribution is -2.31. The molecule has 0 aliphatic carbocycles. The summed E-state index contributed by atoms with van der Waals surface area (Å²) in [6.07, 6.45) is 0.894. The molecule has 2 rings (SSSR count). The van der Waals surface area contributed by atoms with Crippen LogP contribution in [0.15, 0.2) is 42.5 Å². The Morgan fingerprint density at radius 3 is 2.33 bits per heavy atom. The summed E-state index contributed by atoms with van der Waals surface area (Å²) in [5, 5.41) is 0. The number of hydrogen-bond donors (Lipinski definition) is 1. The summed E-state index contributed by atoms with van der Waals surface area (Å²) < 4.78 is 0. The Morgan fingerprint density at radius 2 is 1.76 bits per heavy atom. The first-order chi connectivity index (χ1) is 10.0. The SMILES string of the molecule is CCCN(C(=O)c1cc(C)cc(C)c1)c1cccc(N)c1. The highest BCUT2D eigenvalue weighted by molar-refractivity contribution is 6.06. The molecular formula is C18H22N2O. The van der Waals surface area contributed by atoms with Gasteiger partial charge in [0.05, 0.1) is 0 Å². The first kappa shape index (κ1) is 15.1. The Labute approximate surface area is 126 Å². The minimum absolute atomic E-state index is 0.0225. The van der Waals surface area contributed by atoms with Crippen molar-refractivity contribution < 1.29 is 4.79 Å². The highest BCUT2D eigenvalue weighted by Crippen LogP contribution is 2.21. The van der Waals surface area contributed by atoms with Crippen molar-refractivity contribution >= 4 is 17.3 Å². The molecule has 0 fully saturated rings. The highest BCUT2D eigenvalue weighted by atomic mass is 16.2. The molecule has 3 heteroatoms. The predicted molar refractivity (Wildman–Crippen MR) is 88.7 cm³/mol. The Bertz CT molecular complexity index is 629. The average Bonchev–Trinajstić information content (AvgIpc) is 2.43. The number of hydrogen-bond acceptors (Lipinski definition) is 2. The van der Waals surface area contributed by atoms with Crippen LogP contribution in [0, 0.1) is 13.8 Å². The fourth-order valence-electron chi connectivity index (χ4n) is 2.52. The molecule has 2 aromatic rings. The maximum atomic E-state index is 12.8. The topological polar surface area (TPSA) is 46.3 Å². The summed E-state index contributed by atoms with van der Waals surface area (Å²) in [6, 6.07) is 13.4. The predicted octanol–water partition coefficient (Wildman–Crippen LogP) is 3.94. The van der Waals surface area contributed by atoms with Crippen LogP contribution in [0.5, 0.6) is 0 Å². The molecule has 0 atom stereocenters. The van der Waals surface area contributed by atoms with Crippen molar-refractivity contribution in [2.75, 3.05) is 17.2 Å². The van der Waals surface area contributed by atoms with E-state index >= 15 is 0 Å². The van der Waals surface area contributed by atoms with Gasteiger partial charge in [0.25, 0.3) is 5.91 Å². The largest absolute Gasteiger partial charge is 0.399 e. The second-order valence-electron chi connectivity index (χ2n) is 5.43. The van der Waals surface area contributed by atoms with Crippen LogP contribution in [0.2, 0.25) is 0 Å². The zero-order chi connectivity index (χ0) is 15.4. The fourth-order valence-corrected chi connectivity index (χ4v) is 2.52. The van der Waals surface area contributed by atoms with Crippen LogP contribution in [-0.2, 0) is 0 Å². The van der Waals surface area contributed by atoms with Gasteiger partial charge in [0, 0.05) is 23.5 Å². The van der Waals surface area contributed by atoms with Gasteiger partial charge in [0.2, 0.25) is 0 Å². The summed E-state index contributed by atoms with van der Waals surface area (Å²) >= 11 is 0. The minimum Gasteiger partial charge on any atom is -0.399 e. The van der Waals surface area contributed by atoms with Crippen LogP contribution >= 0.6 is 0 Å². The van der Waals surface area contributed by atoms with E-state index in [4.69, 9.17) is 5.73 Å². The van der Waals surface area contributed by atoms with Gasteiger partial charge in [-0.25, -0.2) is 0 Å². The Kier molecular flexibility index (Phi) is 4.63. The lowest BCUT2D eigenvalue weighted by molar-refractivity contribution is 0.0987. The van der Waals surface area contributed by atoms with Gasteiger partial charge >= 0.3 is 0 Å². The number of nitrogen functional groups attached to an aromatic ring is 1. The molecule has 110 valence electrons. The zero-order valence-electron chi connectivity index (χ0n) is 12.9. The van der Waals surface area contributed by atoms with Gasteiger partial charge in [-0.3, -0.25) is 4.79 Å². The molecule has 0 aromatic heterocycles. The van der Waals surface area contributed by atoms with Crippen molar-refractivity contribution in [1.82, 2.24) is 0 Å². The van der Waals surface area contributed by atoms with Gasteiger partial charge in [-0.2, -0.15) is 0 Å². The summed E-state index contributed by atoms with van der Waals surface area (Å²) in [7, 11) is 0. The first-order valence-corrected chi connectivity index (χ1v) is 7.27. The van der Waals surface area contributed by atoms with E-state index in [1.807, 2.05) is 50.2 Å². The van der Waals surface area contributed by atoms with Gasteiger partial charge in [-0.05, 0) is 50.6 Å². The lowest BCUT2D eigenvalue weighted by atomic mass is 10.1. The number of rotatable bonds is 4. The quantitative estimate of drug-likeness (QED) is 0.863. The van der Waals surface area contributed by atoms with Gasteiger partial charge in [0.1, 0.15) is 0 Å². The molecule has 0 spiro atoms. The maximum Gasteiger partial charge on any atom is 0.258 e. The molecule has 0 unspecified atom stereocenters. The number of aryl methyl sites for hydroxylation is 2. The van der Waals surface area contributed by atoms with E-state index < -0.39 is 0 Å². The number of carbonyl (C=O) groups excluding carboxylic acids is 1. The summed E-state index contributed by atoms with van der Waals surface area (Å²) in [6.45, 7) is 6.76. The van der Waals surface area contributed by atoms with Gasteiger partial charge in [-0.1, -0.05) is 30.2 Å². The molecule has 0 saturated carbocycles. The van der Waals surface area contributed by atoms with Crippen LogP contribution in [0.4, 0.5) is 11.4 Å². The normalized spacial score (nSPS) is 10.4. The molecule has 2 aromatic carbocycles. The van der Waals surface area contributed by atoms with E-state index in [-0.39, 0.29) is 5.91 Å². The van der Waals surface area contributed by atoms with E-state index in [1.165, 1.54) is 0 Å². The third kappa shape index (κ3) is 3.63. The third-order valence-electron chi connectivity index (χ3n) is 3.34. The van der Waals surface area contributed by atoms with Crippen LogP contribution in [0.3, 0.4) is 0 Å². The Hall–Kier alpha value is -2.29. The molecular weight excluding hydrogens is 260 g/mol. The van der Waals surface area contributed by atoms with Gasteiger partial charge in [0.15, 0.2) is 0 Å². The second kappa shape index (κ2) is 6.44. The fraction of sp³-hybridized carbons (Fsp3) is 0.278. The third-order valence-corrected chi connectivity index (χ3v) is 3.34. The van der Waals surface area contributed by atoms with E-state index in [1.54, 1.807) is 4.90 Å². The molecule has 0 bridgehead atoms. The molecule has 3 nitrogen and oxygen atoms in total. The molecule has 21 heavy (non-hydrogen) atoms. The summed E-state index contributed by atoms with van der Waals surface area (Å²) in [5.74, 6) is 0.0225. The number of nitrogens with zero attached hydrogens (tertiary/aromatic N) is 1. The van der Waals surface area contributed by atoms with Crippen molar-refractivity contribution in [3.63, 3.8) is 0 Å². The van der Waals surface area contributed by atoms with E-state index in [2.05, 4.69) is 13.0 Å². The lowest BCUT2D eigenvalue weighted by Gasteiger charge is -2.23. The van der Waals surface area contributed by atoms with E-state index in [0.29, 0.717) is 12.2 Å². The Morgan fingerprint density at radius 1 is 1.10 bits per heavy atom. The van der Waals surface area contributed by atoms with Crippen LogP contribution in [0.25, 0.3) is 0 Å². The minimum atomic E-state index is 0.0225. The molecule has 0 aliphatic rings. The van der Waals surface area contributed by atoms with E-state index in [0.717, 1.165) is 28.8 Å². The maximum absolute atomic E-state index is 12.8. The van der Waals surface area contributed by atoms with Crippen LogP contribution in [0.1, 0.15) is 34.8 Å². The monoisotopic (exact) mass is 282 g/mol.